The number of aryl methyl sites for hydroxylation is 1. The van der Waals surface area contributed by atoms with Gasteiger partial charge in [0.25, 0.3) is 0 Å². The third-order valence-corrected chi connectivity index (χ3v) is 2.39. The van der Waals surface area contributed by atoms with E-state index in [0.717, 1.165) is 5.56 Å². The average Bonchev–Trinajstić information content (AvgIpc) is 2.71. The van der Waals surface area contributed by atoms with Crippen molar-refractivity contribution in [2.75, 3.05) is 0 Å². The van der Waals surface area contributed by atoms with Gasteiger partial charge in [0.2, 0.25) is 6.29 Å². The quantitative estimate of drug-likeness (QED) is 0.846. The minimum atomic E-state index is -0.818. The van der Waals surface area contributed by atoms with Crippen molar-refractivity contribution >= 4 is 6.29 Å². The number of hydrogen-bond acceptors (Lipinski definition) is 4. The Kier molecular flexibility index (Phi) is 2.83. The summed E-state index contributed by atoms with van der Waals surface area (Å²) in [6.07, 6.45) is 1.75. The number of hydrogen-bond donors (Lipinski definition) is 1. The van der Waals surface area contributed by atoms with Crippen LogP contribution in [0.2, 0.25) is 0 Å². The minimum absolute atomic E-state index is 0.551. The molecule has 16 heavy (non-hydrogen) atoms. The maximum Gasteiger partial charge on any atom is 0.221 e. The lowest BCUT2D eigenvalue weighted by molar-refractivity contribution is 0.397. The zero-order valence-corrected chi connectivity index (χ0v) is 8.81. The summed E-state index contributed by atoms with van der Waals surface area (Å²) in [6.45, 7) is 1.73. The molecule has 1 heterocycles. The van der Waals surface area contributed by atoms with Gasteiger partial charge >= 0.3 is 0 Å². The molecular weight excluding hydrogens is 204 g/mol. The van der Waals surface area contributed by atoms with Crippen molar-refractivity contribution in [3.8, 4) is 11.3 Å². The Morgan fingerprint density at radius 2 is 2.06 bits per heavy atom. The highest BCUT2D eigenvalue weighted by Gasteiger charge is 2.20. The van der Waals surface area contributed by atoms with Gasteiger partial charge in [-0.05, 0) is 6.92 Å². The third kappa shape index (κ3) is 1.75. The van der Waals surface area contributed by atoms with E-state index in [1.54, 1.807) is 13.2 Å². The summed E-state index contributed by atoms with van der Waals surface area (Å²) in [5.74, 6) is 0.551. The van der Waals surface area contributed by atoms with E-state index >= 15 is 0 Å². The Morgan fingerprint density at radius 1 is 1.38 bits per heavy atom. The van der Waals surface area contributed by atoms with Crippen molar-refractivity contribution in [2.45, 2.75) is 13.0 Å². The summed E-state index contributed by atoms with van der Waals surface area (Å²) in [7, 11) is 0. The molecule has 1 aromatic heterocycles. The van der Waals surface area contributed by atoms with Gasteiger partial charge in [0.05, 0.1) is 0 Å². The van der Waals surface area contributed by atoms with E-state index in [4.69, 9.17) is 10.3 Å². The molecule has 0 saturated heterocycles. The van der Waals surface area contributed by atoms with E-state index in [0.29, 0.717) is 17.0 Å². The van der Waals surface area contributed by atoms with Gasteiger partial charge in [-0.3, -0.25) is 4.79 Å². The normalized spacial score (nSPS) is 12.4. The minimum Gasteiger partial charge on any atom is -0.361 e. The van der Waals surface area contributed by atoms with E-state index in [1.165, 1.54) is 0 Å². The number of nitrogens with zero attached hydrogens (tertiary/aromatic N) is 1. The van der Waals surface area contributed by atoms with E-state index in [-0.39, 0.29) is 0 Å². The lowest BCUT2D eigenvalue weighted by Crippen LogP contribution is -2.12. The molecule has 1 radical (unpaired) electrons. The van der Waals surface area contributed by atoms with Crippen LogP contribution in [-0.2, 0) is 4.79 Å². The molecule has 0 saturated carbocycles. The molecule has 0 aliphatic carbocycles. The van der Waals surface area contributed by atoms with Crippen LogP contribution in [0.4, 0.5) is 0 Å². The fourth-order valence-electron chi connectivity index (χ4n) is 1.61. The maximum absolute atomic E-state index is 10.6. The van der Waals surface area contributed by atoms with Crippen LogP contribution < -0.4 is 5.73 Å². The van der Waals surface area contributed by atoms with Gasteiger partial charge in [-0.1, -0.05) is 35.5 Å². The van der Waals surface area contributed by atoms with E-state index < -0.39 is 6.04 Å². The molecule has 2 aromatic rings. The highest BCUT2D eigenvalue weighted by Crippen LogP contribution is 2.28. The SMILES string of the molecule is Cc1onc(-c2ccccc2)c1C(N)[C]=O. The number of carbonyl (C=O) groups excluding carboxylic acids is 1. The predicted molar refractivity (Wildman–Crippen MR) is 59.3 cm³/mol. The molecule has 4 heteroatoms. The fraction of sp³-hybridized carbons (Fsp3) is 0.167. The number of aromatic nitrogens is 1. The molecule has 2 N–H and O–H groups in total. The monoisotopic (exact) mass is 215 g/mol. The van der Waals surface area contributed by atoms with Crippen LogP contribution in [0.15, 0.2) is 34.9 Å². The molecule has 0 aliphatic rings. The summed E-state index contributed by atoms with van der Waals surface area (Å²) in [5, 5.41) is 3.92. The fourth-order valence-corrected chi connectivity index (χ4v) is 1.61. The largest absolute Gasteiger partial charge is 0.361 e. The second-order valence-corrected chi connectivity index (χ2v) is 3.46. The molecular formula is C12H11N2O2. The van der Waals surface area contributed by atoms with Crippen molar-refractivity contribution in [1.82, 2.24) is 5.16 Å². The van der Waals surface area contributed by atoms with Crippen LogP contribution in [0, 0.1) is 6.92 Å². The molecule has 2 rings (SSSR count). The molecule has 0 aliphatic heterocycles. The zero-order chi connectivity index (χ0) is 11.5. The second-order valence-electron chi connectivity index (χ2n) is 3.46. The Balaban J connectivity index is 2.54. The summed E-state index contributed by atoms with van der Waals surface area (Å²) in [5.41, 5.74) is 7.73. The Labute approximate surface area is 93.1 Å². The average molecular weight is 215 g/mol. The molecule has 1 atom stereocenters. The molecule has 0 spiro atoms. The van der Waals surface area contributed by atoms with E-state index in [9.17, 15) is 4.79 Å². The van der Waals surface area contributed by atoms with Gasteiger partial charge in [-0.15, -0.1) is 0 Å². The zero-order valence-electron chi connectivity index (χ0n) is 8.81. The summed E-state index contributed by atoms with van der Waals surface area (Å²) in [4.78, 5) is 10.6. The topological polar surface area (TPSA) is 69.1 Å². The Hall–Kier alpha value is -1.94. The summed E-state index contributed by atoms with van der Waals surface area (Å²) >= 11 is 0. The van der Waals surface area contributed by atoms with Crippen LogP contribution in [-0.4, -0.2) is 11.4 Å². The first-order valence-electron chi connectivity index (χ1n) is 4.89. The van der Waals surface area contributed by atoms with Crippen molar-refractivity contribution in [3.05, 3.63) is 41.7 Å². The van der Waals surface area contributed by atoms with Gasteiger partial charge < -0.3 is 10.3 Å². The first-order valence-corrected chi connectivity index (χ1v) is 4.89. The Morgan fingerprint density at radius 3 is 2.69 bits per heavy atom. The van der Waals surface area contributed by atoms with Crippen molar-refractivity contribution in [2.24, 2.45) is 5.73 Å². The van der Waals surface area contributed by atoms with Crippen LogP contribution in [0.3, 0.4) is 0 Å². The standard InChI is InChI=1S/C12H11N2O2/c1-8-11(10(13)7-15)12(14-16-8)9-5-3-2-4-6-9/h2-6,10H,13H2,1H3. The molecule has 4 nitrogen and oxygen atoms in total. The predicted octanol–water partition coefficient (Wildman–Crippen LogP) is 1.76. The first kappa shape index (κ1) is 10.6. The lowest BCUT2D eigenvalue weighted by atomic mass is 10.0. The second kappa shape index (κ2) is 4.28. The van der Waals surface area contributed by atoms with Gasteiger partial charge in [0.1, 0.15) is 17.5 Å². The van der Waals surface area contributed by atoms with Crippen LogP contribution >= 0.6 is 0 Å². The number of benzene rings is 1. The molecule has 0 fully saturated rings. The van der Waals surface area contributed by atoms with Crippen molar-refractivity contribution < 1.29 is 9.32 Å². The lowest BCUT2D eigenvalue weighted by Gasteiger charge is -2.03. The van der Waals surface area contributed by atoms with Crippen LogP contribution in [0.5, 0.6) is 0 Å². The molecule has 0 amide bonds. The van der Waals surface area contributed by atoms with Crippen molar-refractivity contribution in [3.63, 3.8) is 0 Å². The first-order chi connectivity index (χ1) is 7.74. The summed E-state index contributed by atoms with van der Waals surface area (Å²) in [6, 6.07) is 8.64. The Bertz CT molecular complexity index is 491. The molecule has 81 valence electrons. The maximum atomic E-state index is 10.6. The number of nitrogens with two attached hydrogens (primary N) is 1. The van der Waals surface area contributed by atoms with Gasteiger partial charge in [-0.2, -0.15) is 0 Å². The van der Waals surface area contributed by atoms with Crippen molar-refractivity contribution in [1.29, 1.82) is 0 Å². The number of rotatable bonds is 3. The van der Waals surface area contributed by atoms with Crippen LogP contribution in [0.1, 0.15) is 17.4 Å². The summed E-state index contributed by atoms with van der Waals surface area (Å²) < 4.78 is 5.06. The van der Waals surface area contributed by atoms with Gasteiger partial charge in [0, 0.05) is 11.1 Å². The van der Waals surface area contributed by atoms with Gasteiger partial charge in [0.15, 0.2) is 0 Å². The van der Waals surface area contributed by atoms with Gasteiger partial charge in [-0.25, -0.2) is 0 Å². The van der Waals surface area contributed by atoms with E-state index in [2.05, 4.69) is 5.16 Å². The van der Waals surface area contributed by atoms with E-state index in [1.807, 2.05) is 30.3 Å². The third-order valence-electron chi connectivity index (χ3n) is 2.39. The highest BCUT2D eigenvalue weighted by molar-refractivity contribution is 5.71. The smallest absolute Gasteiger partial charge is 0.221 e. The highest BCUT2D eigenvalue weighted by atomic mass is 16.5. The van der Waals surface area contributed by atoms with Crippen LogP contribution in [0.25, 0.3) is 11.3 Å². The molecule has 0 bridgehead atoms. The molecule has 1 unspecified atom stereocenters. The molecule has 1 aromatic carbocycles.